The van der Waals surface area contributed by atoms with Crippen LogP contribution in [0, 0.1) is 0 Å². The normalized spacial score (nSPS) is 13.0. The summed E-state index contributed by atoms with van der Waals surface area (Å²) in [4.78, 5) is 3.77. The van der Waals surface area contributed by atoms with Crippen LogP contribution >= 0.6 is 27.5 Å². The van der Waals surface area contributed by atoms with Crippen molar-refractivity contribution in [2.75, 3.05) is 0 Å². The monoisotopic (exact) mass is 254 g/mol. The lowest BCUT2D eigenvalue weighted by atomic mass is 10.5. The Kier molecular flexibility index (Phi) is 3.00. The minimum Gasteiger partial charge on any atom is -0.768 e. The smallest absolute Gasteiger partial charge is 0.124 e. The second kappa shape index (κ2) is 3.62. The molecule has 0 saturated carbocycles. The van der Waals surface area contributed by atoms with Gasteiger partial charge < -0.3 is 4.55 Å². The molecule has 0 amide bonds. The van der Waals surface area contributed by atoms with E-state index in [1.807, 2.05) is 0 Å². The maximum absolute atomic E-state index is 10.4. The lowest BCUT2D eigenvalue weighted by Crippen LogP contribution is -1.90. The fourth-order valence-corrected chi connectivity index (χ4v) is 1.30. The fraction of sp³-hybridized carbons (Fsp3) is 0. The summed E-state index contributed by atoms with van der Waals surface area (Å²) in [5, 5.41) is 0.284. The highest BCUT2D eigenvalue weighted by atomic mass is 79.9. The van der Waals surface area contributed by atoms with E-state index in [4.69, 9.17) is 11.6 Å². The first-order valence-electron chi connectivity index (χ1n) is 2.51. The maximum atomic E-state index is 10.4. The van der Waals surface area contributed by atoms with Crippen molar-refractivity contribution >= 4 is 38.6 Å². The Morgan fingerprint density at radius 3 is 2.82 bits per heavy atom. The minimum atomic E-state index is -2.27. The number of pyridine rings is 1. The summed E-state index contributed by atoms with van der Waals surface area (Å²) in [7, 11) is 0. The van der Waals surface area contributed by atoms with Crippen molar-refractivity contribution in [3.05, 3.63) is 21.9 Å². The third-order valence-electron chi connectivity index (χ3n) is 0.964. The number of halogens is 2. The molecule has 6 heteroatoms. The number of hydrogen-bond acceptors (Lipinski definition) is 3. The van der Waals surface area contributed by atoms with Gasteiger partial charge in [0, 0.05) is 11.1 Å². The van der Waals surface area contributed by atoms with E-state index in [0.717, 1.165) is 0 Å². The van der Waals surface area contributed by atoms with Crippen molar-refractivity contribution in [3.8, 4) is 0 Å². The van der Waals surface area contributed by atoms with Crippen molar-refractivity contribution in [3.63, 3.8) is 0 Å². The van der Waals surface area contributed by atoms with Crippen LogP contribution in [0.1, 0.15) is 0 Å². The molecule has 60 valence electrons. The number of nitrogens with zero attached hydrogens (tertiary/aromatic N) is 1. The Hall–Kier alpha value is 0.0300. The van der Waals surface area contributed by atoms with Gasteiger partial charge in [-0.05, 0) is 33.1 Å². The predicted octanol–water partition coefficient (Wildman–Crippen LogP) is 1.74. The summed E-state index contributed by atoms with van der Waals surface area (Å²) in [6, 6.07) is 1.32. The van der Waals surface area contributed by atoms with Gasteiger partial charge in [-0.1, -0.05) is 11.6 Å². The van der Waals surface area contributed by atoms with E-state index in [1.54, 1.807) is 0 Å². The third-order valence-corrected chi connectivity index (χ3v) is 2.72. The summed E-state index contributed by atoms with van der Waals surface area (Å²) in [5.74, 6) is 0. The van der Waals surface area contributed by atoms with Gasteiger partial charge >= 0.3 is 0 Å². The molecule has 0 fully saturated rings. The Morgan fingerprint density at radius 2 is 2.36 bits per heavy atom. The molecule has 0 N–H and O–H groups in total. The van der Waals surface area contributed by atoms with Crippen LogP contribution in [0.4, 0.5) is 0 Å². The lowest BCUT2D eigenvalue weighted by molar-refractivity contribution is 0.536. The summed E-state index contributed by atoms with van der Waals surface area (Å²) >= 11 is 6.34. The predicted molar refractivity (Wildman–Crippen MR) is 44.1 cm³/mol. The van der Waals surface area contributed by atoms with Gasteiger partial charge in [0.1, 0.15) is 4.60 Å². The zero-order valence-electron chi connectivity index (χ0n) is 5.08. The molecule has 1 atom stereocenters. The molecule has 0 aromatic carbocycles. The standard InChI is InChI=1S/C5H3BrClNO2S/c6-5-4(7)1-3(2-8-5)11(9)10/h1-2H,(H,9,10)/p-1. The van der Waals surface area contributed by atoms with Crippen LogP contribution in [0.3, 0.4) is 0 Å². The molecule has 1 unspecified atom stereocenters. The molecule has 0 aliphatic rings. The van der Waals surface area contributed by atoms with Crippen LogP contribution in [0.25, 0.3) is 0 Å². The van der Waals surface area contributed by atoms with Gasteiger partial charge in [0.15, 0.2) is 0 Å². The quantitative estimate of drug-likeness (QED) is 0.567. The van der Waals surface area contributed by atoms with Crippen LogP contribution in [-0.2, 0) is 11.1 Å². The zero-order valence-corrected chi connectivity index (χ0v) is 8.24. The lowest BCUT2D eigenvalue weighted by Gasteiger charge is -2.04. The number of aromatic nitrogens is 1. The van der Waals surface area contributed by atoms with Crippen LogP contribution in [0.5, 0.6) is 0 Å². The summed E-state index contributed by atoms with van der Waals surface area (Å²) in [5.41, 5.74) is 0. The average molecular weight is 256 g/mol. The van der Waals surface area contributed by atoms with Gasteiger partial charge in [-0.3, -0.25) is 4.21 Å². The molecule has 0 bridgehead atoms. The van der Waals surface area contributed by atoms with E-state index in [0.29, 0.717) is 4.60 Å². The van der Waals surface area contributed by atoms with E-state index in [2.05, 4.69) is 20.9 Å². The molecular weight excluding hydrogens is 253 g/mol. The van der Waals surface area contributed by atoms with Gasteiger partial charge in [0.05, 0.1) is 5.02 Å². The Bertz CT molecular complexity index is 307. The van der Waals surface area contributed by atoms with Crippen molar-refractivity contribution in [1.82, 2.24) is 4.98 Å². The average Bonchev–Trinajstić information content (AvgIpc) is 1.94. The first kappa shape index (κ1) is 9.12. The molecule has 1 aromatic rings. The Morgan fingerprint density at radius 1 is 1.73 bits per heavy atom. The van der Waals surface area contributed by atoms with E-state index < -0.39 is 11.1 Å². The topological polar surface area (TPSA) is 53.0 Å². The molecule has 3 nitrogen and oxygen atoms in total. The molecule has 1 heterocycles. The summed E-state index contributed by atoms with van der Waals surface area (Å²) in [6.45, 7) is 0. The highest BCUT2D eigenvalue weighted by Gasteiger charge is 1.99. The molecule has 1 rings (SSSR count). The van der Waals surface area contributed by atoms with Gasteiger partial charge in [-0.25, -0.2) is 4.98 Å². The van der Waals surface area contributed by atoms with Crippen LogP contribution in [0.2, 0.25) is 5.02 Å². The molecule has 0 aliphatic heterocycles. The highest BCUT2D eigenvalue weighted by Crippen LogP contribution is 2.21. The van der Waals surface area contributed by atoms with Crippen LogP contribution in [0.15, 0.2) is 21.8 Å². The summed E-state index contributed by atoms with van der Waals surface area (Å²) < 4.78 is 21.1. The molecule has 0 saturated heterocycles. The molecule has 11 heavy (non-hydrogen) atoms. The SMILES string of the molecule is O=S([O-])c1cnc(Br)c(Cl)c1. The number of hydrogen-bond donors (Lipinski definition) is 0. The van der Waals surface area contributed by atoms with Gasteiger partial charge in [-0.15, -0.1) is 0 Å². The third kappa shape index (κ3) is 2.23. The van der Waals surface area contributed by atoms with Gasteiger partial charge in [0.25, 0.3) is 0 Å². The molecule has 0 spiro atoms. The Labute approximate surface area is 79.2 Å². The van der Waals surface area contributed by atoms with E-state index >= 15 is 0 Å². The first-order valence-corrected chi connectivity index (χ1v) is 4.76. The summed E-state index contributed by atoms with van der Waals surface area (Å²) in [6.07, 6.45) is 1.22. The second-order valence-electron chi connectivity index (χ2n) is 1.68. The van der Waals surface area contributed by atoms with Crippen LogP contribution < -0.4 is 0 Å². The number of rotatable bonds is 1. The van der Waals surface area contributed by atoms with Gasteiger partial charge in [-0.2, -0.15) is 0 Å². The Balaban J connectivity index is 3.15. The minimum absolute atomic E-state index is 0.0817. The van der Waals surface area contributed by atoms with Gasteiger partial charge in [0.2, 0.25) is 0 Å². The van der Waals surface area contributed by atoms with Crippen molar-refractivity contribution in [1.29, 1.82) is 0 Å². The maximum Gasteiger partial charge on any atom is 0.124 e. The van der Waals surface area contributed by atoms with Crippen molar-refractivity contribution in [2.45, 2.75) is 4.90 Å². The molecule has 1 aromatic heterocycles. The zero-order chi connectivity index (χ0) is 8.43. The van der Waals surface area contributed by atoms with Crippen LogP contribution in [-0.4, -0.2) is 13.7 Å². The largest absolute Gasteiger partial charge is 0.768 e. The molecule has 0 aliphatic carbocycles. The van der Waals surface area contributed by atoms with E-state index in [1.165, 1.54) is 12.3 Å². The second-order valence-corrected chi connectivity index (χ2v) is 3.78. The highest BCUT2D eigenvalue weighted by molar-refractivity contribution is 9.10. The molecular formula is C5H2BrClNO2S-. The van der Waals surface area contributed by atoms with Crippen molar-refractivity contribution in [2.24, 2.45) is 0 Å². The first-order chi connectivity index (χ1) is 5.11. The fourth-order valence-electron chi connectivity index (χ4n) is 0.495. The molecule has 0 radical (unpaired) electrons. The van der Waals surface area contributed by atoms with Crippen molar-refractivity contribution < 1.29 is 8.76 Å². The van der Waals surface area contributed by atoms with E-state index in [9.17, 15) is 8.76 Å². The van der Waals surface area contributed by atoms with E-state index in [-0.39, 0.29) is 9.92 Å².